The van der Waals surface area contributed by atoms with Gasteiger partial charge < -0.3 is 5.11 Å². The van der Waals surface area contributed by atoms with Crippen LogP contribution < -0.4 is 0 Å². The van der Waals surface area contributed by atoms with E-state index in [9.17, 15) is 9.90 Å². The molecule has 0 heterocycles. The van der Waals surface area contributed by atoms with E-state index in [1.807, 2.05) is 6.92 Å². The van der Waals surface area contributed by atoms with Gasteiger partial charge in [-0.05, 0) is 74.5 Å². The Balaban J connectivity index is 1.97. The van der Waals surface area contributed by atoms with Gasteiger partial charge in [0.05, 0.1) is 5.41 Å². The van der Waals surface area contributed by atoms with Crippen LogP contribution in [0.1, 0.15) is 79.1 Å². The van der Waals surface area contributed by atoms with Gasteiger partial charge in [-0.2, -0.15) is 0 Å². The first kappa shape index (κ1) is 16.1. The van der Waals surface area contributed by atoms with Crippen LogP contribution in [0.15, 0.2) is 11.6 Å². The molecule has 3 aliphatic rings. The highest BCUT2D eigenvalue weighted by Gasteiger charge is 2.58. The monoisotopic (exact) mass is 304 g/mol. The largest absolute Gasteiger partial charge is 0.481 e. The van der Waals surface area contributed by atoms with Crippen molar-refractivity contribution in [2.75, 3.05) is 0 Å². The molecule has 0 spiro atoms. The number of rotatable bonds is 2. The van der Waals surface area contributed by atoms with Gasteiger partial charge in [0, 0.05) is 0 Å². The SMILES string of the molecule is CC[C@@]1(C)C=C2CC[C@@H]3[C@](C)(CCC[C@@]3(C)C(=O)O)[C@@H]2CC1. The Hall–Kier alpha value is -0.790. The van der Waals surface area contributed by atoms with Crippen molar-refractivity contribution in [1.82, 2.24) is 0 Å². The van der Waals surface area contributed by atoms with Crippen molar-refractivity contribution in [3.05, 3.63) is 11.6 Å². The van der Waals surface area contributed by atoms with E-state index in [4.69, 9.17) is 0 Å². The van der Waals surface area contributed by atoms with Gasteiger partial charge >= 0.3 is 5.97 Å². The minimum atomic E-state index is -0.565. The topological polar surface area (TPSA) is 37.3 Å². The summed E-state index contributed by atoms with van der Waals surface area (Å²) in [4.78, 5) is 12.0. The van der Waals surface area contributed by atoms with E-state index < -0.39 is 11.4 Å². The van der Waals surface area contributed by atoms with E-state index in [0.717, 1.165) is 25.7 Å². The van der Waals surface area contributed by atoms with E-state index in [1.54, 1.807) is 5.57 Å². The first-order valence-corrected chi connectivity index (χ1v) is 9.20. The normalized spacial score (nSPS) is 48.1. The molecule has 0 aromatic heterocycles. The second-order valence-corrected chi connectivity index (χ2v) is 8.99. The lowest BCUT2D eigenvalue weighted by atomic mass is 9.45. The zero-order valence-corrected chi connectivity index (χ0v) is 14.7. The Labute approximate surface area is 135 Å². The highest BCUT2D eigenvalue weighted by Crippen LogP contribution is 2.64. The summed E-state index contributed by atoms with van der Waals surface area (Å²) in [6, 6.07) is 0. The molecular formula is C20H32O2. The van der Waals surface area contributed by atoms with Crippen molar-refractivity contribution >= 4 is 5.97 Å². The van der Waals surface area contributed by atoms with Crippen LogP contribution in [-0.2, 0) is 4.79 Å². The summed E-state index contributed by atoms with van der Waals surface area (Å²) in [6.07, 6.45) is 11.7. The van der Waals surface area contributed by atoms with Crippen molar-refractivity contribution in [3.8, 4) is 0 Å². The number of hydrogen-bond donors (Lipinski definition) is 1. The highest BCUT2D eigenvalue weighted by molar-refractivity contribution is 5.75. The molecule has 0 amide bonds. The van der Waals surface area contributed by atoms with Gasteiger partial charge in [-0.15, -0.1) is 0 Å². The smallest absolute Gasteiger partial charge is 0.309 e. The Morgan fingerprint density at radius 2 is 1.95 bits per heavy atom. The fourth-order valence-corrected chi connectivity index (χ4v) is 6.10. The lowest BCUT2D eigenvalue weighted by Gasteiger charge is -2.59. The zero-order valence-electron chi connectivity index (χ0n) is 14.7. The van der Waals surface area contributed by atoms with Gasteiger partial charge in [0.15, 0.2) is 0 Å². The van der Waals surface area contributed by atoms with Gasteiger partial charge in [0.25, 0.3) is 0 Å². The van der Waals surface area contributed by atoms with Crippen LogP contribution >= 0.6 is 0 Å². The summed E-state index contributed by atoms with van der Waals surface area (Å²) in [7, 11) is 0. The molecule has 0 aromatic rings. The fraction of sp³-hybridized carbons (Fsp3) is 0.850. The molecule has 0 unspecified atom stereocenters. The Morgan fingerprint density at radius 3 is 2.59 bits per heavy atom. The lowest BCUT2D eigenvalue weighted by molar-refractivity contribution is -0.164. The molecule has 2 saturated carbocycles. The number of hydrogen-bond acceptors (Lipinski definition) is 1. The van der Waals surface area contributed by atoms with Crippen LogP contribution in [0.4, 0.5) is 0 Å². The average molecular weight is 304 g/mol. The summed E-state index contributed by atoms with van der Waals surface area (Å²) < 4.78 is 0. The summed E-state index contributed by atoms with van der Waals surface area (Å²) in [5.74, 6) is 0.411. The van der Waals surface area contributed by atoms with Crippen molar-refractivity contribution < 1.29 is 9.90 Å². The molecule has 2 fully saturated rings. The number of aliphatic carboxylic acids is 1. The Kier molecular flexibility index (Phi) is 3.73. The van der Waals surface area contributed by atoms with Crippen molar-refractivity contribution in [3.63, 3.8) is 0 Å². The second-order valence-electron chi connectivity index (χ2n) is 8.99. The number of carbonyl (C=O) groups is 1. The van der Waals surface area contributed by atoms with E-state index in [0.29, 0.717) is 17.3 Å². The van der Waals surface area contributed by atoms with Crippen LogP contribution in [0.2, 0.25) is 0 Å². The third kappa shape index (κ3) is 2.17. The minimum absolute atomic E-state index is 0.199. The van der Waals surface area contributed by atoms with Crippen LogP contribution in [0.25, 0.3) is 0 Å². The predicted octanol–water partition coefficient (Wildman–Crippen LogP) is 5.43. The summed E-state index contributed by atoms with van der Waals surface area (Å²) in [5, 5.41) is 9.85. The quantitative estimate of drug-likeness (QED) is 0.691. The van der Waals surface area contributed by atoms with Crippen molar-refractivity contribution in [2.24, 2.45) is 28.1 Å². The summed E-state index contributed by atoms with van der Waals surface area (Å²) in [5.41, 5.74) is 1.72. The predicted molar refractivity (Wildman–Crippen MR) is 89.6 cm³/mol. The van der Waals surface area contributed by atoms with E-state index >= 15 is 0 Å². The summed E-state index contributed by atoms with van der Waals surface area (Å²) in [6.45, 7) is 9.12. The standard InChI is InChI=1S/C20H32O2/c1-5-18(2)12-9-15-14(13-18)7-8-16-19(15,3)10-6-11-20(16,4)17(21)22/h13,15-16H,5-12H2,1-4H3,(H,21,22)/t15-,16-,18-,19-,20-/m1/s1. The number of allylic oxidation sites excluding steroid dienone is 2. The first-order valence-electron chi connectivity index (χ1n) is 9.20. The van der Waals surface area contributed by atoms with Crippen molar-refractivity contribution in [2.45, 2.75) is 79.1 Å². The maximum atomic E-state index is 12.0. The Morgan fingerprint density at radius 1 is 1.23 bits per heavy atom. The average Bonchev–Trinajstić information content (AvgIpc) is 2.46. The fourth-order valence-electron chi connectivity index (χ4n) is 6.10. The van der Waals surface area contributed by atoms with Gasteiger partial charge in [-0.25, -0.2) is 0 Å². The van der Waals surface area contributed by atoms with Gasteiger partial charge in [0.2, 0.25) is 0 Å². The van der Waals surface area contributed by atoms with E-state index in [-0.39, 0.29) is 5.41 Å². The maximum Gasteiger partial charge on any atom is 0.309 e. The number of carboxylic acid groups (broad SMARTS) is 1. The molecule has 3 aliphatic carbocycles. The molecule has 0 radical (unpaired) electrons. The molecule has 2 nitrogen and oxygen atoms in total. The molecule has 0 aliphatic heterocycles. The van der Waals surface area contributed by atoms with Crippen LogP contribution in [-0.4, -0.2) is 11.1 Å². The number of carboxylic acids is 1. The molecule has 5 atom stereocenters. The molecule has 2 heteroatoms. The lowest BCUT2D eigenvalue weighted by Crippen LogP contribution is -2.54. The molecule has 0 aromatic carbocycles. The number of fused-ring (bicyclic) bond motifs is 3. The van der Waals surface area contributed by atoms with E-state index in [1.165, 1.54) is 25.7 Å². The van der Waals surface area contributed by atoms with Crippen LogP contribution in [0.3, 0.4) is 0 Å². The molecule has 3 rings (SSSR count). The van der Waals surface area contributed by atoms with Gasteiger partial charge in [0.1, 0.15) is 0 Å². The molecular weight excluding hydrogens is 272 g/mol. The molecule has 0 bridgehead atoms. The maximum absolute atomic E-state index is 12.0. The summed E-state index contributed by atoms with van der Waals surface area (Å²) >= 11 is 0. The van der Waals surface area contributed by atoms with Crippen molar-refractivity contribution in [1.29, 1.82) is 0 Å². The zero-order chi connectivity index (χ0) is 16.2. The molecule has 22 heavy (non-hydrogen) atoms. The molecule has 124 valence electrons. The third-order valence-corrected chi connectivity index (χ3v) is 7.78. The minimum Gasteiger partial charge on any atom is -0.481 e. The van der Waals surface area contributed by atoms with Crippen LogP contribution in [0.5, 0.6) is 0 Å². The van der Waals surface area contributed by atoms with Gasteiger partial charge in [-0.1, -0.05) is 38.8 Å². The van der Waals surface area contributed by atoms with Crippen LogP contribution in [0, 0.1) is 28.1 Å². The van der Waals surface area contributed by atoms with E-state index in [2.05, 4.69) is 26.8 Å². The van der Waals surface area contributed by atoms with Gasteiger partial charge in [-0.3, -0.25) is 4.79 Å². The third-order valence-electron chi connectivity index (χ3n) is 7.78. The first-order chi connectivity index (χ1) is 10.3. The molecule has 0 saturated heterocycles. The highest BCUT2D eigenvalue weighted by atomic mass is 16.4. The Bertz CT molecular complexity index is 508. The molecule has 1 N–H and O–H groups in total. The second kappa shape index (κ2) is 5.11.